The van der Waals surface area contributed by atoms with Crippen molar-refractivity contribution in [1.29, 1.82) is 0 Å². The average molecular weight is 393 g/mol. The van der Waals surface area contributed by atoms with Crippen LogP contribution in [0.25, 0.3) is 0 Å². The van der Waals surface area contributed by atoms with Gasteiger partial charge in [0.2, 0.25) is 0 Å². The average Bonchev–Trinajstić information content (AvgIpc) is 2.62. The predicted octanol–water partition coefficient (Wildman–Crippen LogP) is 2.68. The summed E-state index contributed by atoms with van der Waals surface area (Å²) >= 11 is 0. The molecule has 2 aromatic carbocycles. The number of rotatable bonds is 7. The zero-order valence-electron chi connectivity index (χ0n) is 15.6. The van der Waals surface area contributed by atoms with Crippen molar-refractivity contribution >= 4 is 21.6 Å². The number of amides is 1. The molecular weight excluding hydrogens is 369 g/mol. The van der Waals surface area contributed by atoms with Gasteiger partial charge in [0, 0.05) is 19.2 Å². The number of carbonyl (C=O) groups excluding carboxylic acids is 1. The molecule has 146 valence electrons. The van der Waals surface area contributed by atoms with Crippen LogP contribution in [-0.2, 0) is 10.0 Å². The topological polar surface area (TPSA) is 92.5 Å². The third-order valence-electron chi connectivity index (χ3n) is 4.09. The smallest absolute Gasteiger partial charge is 0.261 e. The van der Waals surface area contributed by atoms with E-state index in [1.165, 1.54) is 42.5 Å². The lowest BCUT2D eigenvalue weighted by Gasteiger charge is -2.29. The van der Waals surface area contributed by atoms with E-state index in [0.717, 1.165) is 6.07 Å². The van der Waals surface area contributed by atoms with E-state index >= 15 is 0 Å². The van der Waals surface area contributed by atoms with Gasteiger partial charge >= 0.3 is 0 Å². The number of sulfonamides is 1. The maximum atomic E-state index is 13.7. The molecule has 0 aliphatic heterocycles. The Bertz CT molecular complexity index is 912. The van der Waals surface area contributed by atoms with Crippen LogP contribution in [0.1, 0.15) is 24.2 Å². The molecule has 0 spiro atoms. The van der Waals surface area contributed by atoms with Gasteiger partial charge in [0.25, 0.3) is 15.9 Å². The summed E-state index contributed by atoms with van der Waals surface area (Å²) in [5.41, 5.74) is 5.69. The molecule has 0 radical (unpaired) electrons. The number of nitrogens with two attached hydrogens (primary N) is 1. The summed E-state index contributed by atoms with van der Waals surface area (Å²) in [6, 6.07) is 11.0. The van der Waals surface area contributed by atoms with Gasteiger partial charge in [-0.1, -0.05) is 26.0 Å². The summed E-state index contributed by atoms with van der Waals surface area (Å²) in [6.45, 7) is 4.82. The van der Waals surface area contributed by atoms with Gasteiger partial charge in [0.1, 0.15) is 5.82 Å². The third-order valence-corrected chi connectivity index (χ3v) is 5.48. The van der Waals surface area contributed by atoms with Crippen molar-refractivity contribution in [3.05, 3.63) is 59.9 Å². The number of benzene rings is 2. The third kappa shape index (κ3) is 5.27. The summed E-state index contributed by atoms with van der Waals surface area (Å²) in [5, 5.41) is 0. The van der Waals surface area contributed by atoms with Crippen molar-refractivity contribution in [2.75, 3.05) is 24.9 Å². The van der Waals surface area contributed by atoms with Gasteiger partial charge in [0.15, 0.2) is 0 Å². The van der Waals surface area contributed by atoms with Crippen molar-refractivity contribution in [1.82, 2.24) is 4.90 Å². The Morgan fingerprint density at radius 3 is 2.30 bits per heavy atom. The van der Waals surface area contributed by atoms with Crippen LogP contribution in [0.4, 0.5) is 10.1 Å². The highest BCUT2D eigenvalue weighted by Gasteiger charge is 2.22. The molecule has 6 nitrogen and oxygen atoms in total. The summed E-state index contributed by atoms with van der Waals surface area (Å²) in [6.07, 6.45) is 0. The Kier molecular flexibility index (Phi) is 6.22. The van der Waals surface area contributed by atoms with Gasteiger partial charge in [-0.3, -0.25) is 9.52 Å². The molecule has 0 saturated carbocycles. The van der Waals surface area contributed by atoms with Gasteiger partial charge in [-0.05, 0) is 48.4 Å². The zero-order valence-corrected chi connectivity index (χ0v) is 16.4. The maximum Gasteiger partial charge on any atom is 0.261 e. The van der Waals surface area contributed by atoms with E-state index in [4.69, 9.17) is 5.73 Å². The molecule has 0 aliphatic rings. The Morgan fingerprint density at radius 2 is 1.74 bits per heavy atom. The number of carbonyl (C=O) groups is 1. The van der Waals surface area contributed by atoms with Crippen LogP contribution in [0.2, 0.25) is 0 Å². The first-order valence-electron chi connectivity index (χ1n) is 8.39. The van der Waals surface area contributed by atoms with Crippen molar-refractivity contribution in [2.24, 2.45) is 11.1 Å². The molecular formula is C19H24FN3O3S. The number of hydrogen-bond acceptors (Lipinski definition) is 4. The van der Waals surface area contributed by atoms with Gasteiger partial charge in [-0.15, -0.1) is 0 Å². The second-order valence-electron chi connectivity index (χ2n) is 7.14. The van der Waals surface area contributed by atoms with E-state index in [2.05, 4.69) is 4.72 Å². The lowest BCUT2D eigenvalue weighted by atomic mass is 9.93. The first kappa shape index (κ1) is 20.9. The minimum absolute atomic E-state index is 0.0627. The van der Waals surface area contributed by atoms with Crippen LogP contribution in [0, 0.1) is 11.2 Å². The van der Waals surface area contributed by atoms with Crippen molar-refractivity contribution in [3.63, 3.8) is 0 Å². The van der Waals surface area contributed by atoms with Gasteiger partial charge in [-0.2, -0.15) is 0 Å². The predicted molar refractivity (Wildman–Crippen MR) is 103 cm³/mol. The molecule has 0 bridgehead atoms. The molecule has 0 aliphatic carbocycles. The summed E-state index contributed by atoms with van der Waals surface area (Å²) in [7, 11) is -2.29. The van der Waals surface area contributed by atoms with Gasteiger partial charge < -0.3 is 10.6 Å². The fourth-order valence-corrected chi connectivity index (χ4v) is 3.59. The molecule has 0 unspecified atom stereocenters. The van der Waals surface area contributed by atoms with Crippen molar-refractivity contribution in [2.45, 2.75) is 18.7 Å². The largest absolute Gasteiger partial charge is 0.341 e. The number of halogens is 1. The van der Waals surface area contributed by atoms with E-state index in [1.807, 2.05) is 13.8 Å². The molecule has 3 N–H and O–H groups in total. The Morgan fingerprint density at radius 1 is 1.15 bits per heavy atom. The molecule has 1 amide bonds. The van der Waals surface area contributed by atoms with Gasteiger partial charge in [-0.25, -0.2) is 12.8 Å². The highest BCUT2D eigenvalue weighted by atomic mass is 32.2. The van der Waals surface area contributed by atoms with E-state index in [-0.39, 0.29) is 21.9 Å². The lowest BCUT2D eigenvalue weighted by Crippen LogP contribution is -2.39. The fraction of sp³-hybridized carbons (Fsp3) is 0.316. The van der Waals surface area contributed by atoms with Crippen LogP contribution in [-0.4, -0.2) is 39.4 Å². The first-order valence-corrected chi connectivity index (χ1v) is 9.87. The number of nitrogens with one attached hydrogen (secondary N) is 1. The summed E-state index contributed by atoms with van der Waals surface area (Å²) in [4.78, 5) is 14.0. The number of hydrogen-bond donors (Lipinski definition) is 2. The Hall–Kier alpha value is -2.45. The maximum absolute atomic E-state index is 13.7. The molecule has 0 aromatic heterocycles. The van der Waals surface area contributed by atoms with Crippen LogP contribution < -0.4 is 10.5 Å². The fourth-order valence-electron chi connectivity index (χ4n) is 2.52. The standard InChI is InChI=1S/C19H24FN3O3S/c1-19(2,12-21)13-23(3)18(24)14-8-10-15(11-9-14)27(25,26)22-17-7-5-4-6-16(17)20/h4-11,22H,12-13,21H2,1-3H3. The quantitative estimate of drug-likeness (QED) is 0.756. The number of nitrogens with zero attached hydrogens (tertiary/aromatic N) is 1. The van der Waals surface area contributed by atoms with Gasteiger partial charge in [0.05, 0.1) is 10.6 Å². The molecule has 8 heteroatoms. The van der Waals surface area contributed by atoms with E-state index in [0.29, 0.717) is 18.7 Å². The summed E-state index contributed by atoms with van der Waals surface area (Å²) < 4.78 is 40.7. The number of para-hydroxylation sites is 1. The first-order chi connectivity index (χ1) is 12.6. The van der Waals surface area contributed by atoms with Crippen LogP contribution >= 0.6 is 0 Å². The van der Waals surface area contributed by atoms with E-state index < -0.39 is 15.8 Å². The second-order valence-corrected chi connectivity index (χ2v) is 8.82. The number of anilines is 1. The SMILES string of the molecule is CN(CC(C)(C)CN)C(=O)c1ccc(S(=O)(=O)Nc2ccccc2F)cc1. The minimum Gasteiger partial charge on any atom is -0.341 e. The van der Waals surface area contributed by atoms with Crippen molar-refractivity contribution in [3.8, 4) is 0 Å². The molecule has 0 heterocycles. The molecule has 2 rings (SSSR count). The molecule has 0 fully saturated rings. The highest BCUT2D eigenvalue weighted by Crippen LogP contribution is 2.20. The molecule has 0 saturated heterocycles. The normalized spacial score (nSPS) is 11.9. The molecule has 2 aromatic rings. The van der Waals surface area contributed by atoms with Crippen molar-refractivity contribution < 1.29 is 17.6 Å². The second kappa shape index (κ2) is 8.06. The van der Waals surface area contributed by atoms with Crippen LogP contribution in [0.5, 0.6) is 0 Å². The van der Waals surface area contributed by atoms with E-state index in [9.17, 15) is 17.6 Å². The van der Waals surface area contributed by atoms with E-state index in [1.54, 1.807) is 11.9 Å². The zero-order chi connectivity index (χ0) is 20.2. The van der Waals surface area contributed by atoms with Crippen LogP contribution in [0.3, 0.4) is 0 Å². The Labute approximate surface area is 159 Å². The molecule has 27 heavy (non-hydrogen) atoms. The lowest BCUT2D eigenvalue weighted by molar-refractivity contribution is 0.0740. The highest BCUT2D eigenvalue weighted by molar-refractivity contribution is 7.92. The Balaban J connectivity index is 2.16. The minimum atomic E-state index is -3.96. The summed E-state index contributed by atoms with van der Waals surface area (Å²) in [5.74, 6) is -0.903. The van der Waals surface area contributed by atoms with Crippen LogP contribution in [0.15, 0.2) is 53.4 Å². The molecule has 0 atom stereocenters. The monoisotopic (exact) mass is 393 g/mol.